The number of carboxylic acid groups (broad SMARTS) is 1. The van der Waals surface area contributed by atoms with Crippen molar-refractivity contribution in [3.8, 4) is 0 Å². The number of aromatic nitrogens is 4. The van der Waals surface area contributed by atoms with E-state index in [1.54, 1.807) is 0 Å². The molecule has 0 saturated carbocycles. The molecular weight excluding hydrogens is 517 g/mol. The van der Waals surface area contributed by atoms with Gasteiger partial charge in [-0.3, -0.25) is 14.3 Å². The van der Waals surface area contributed by atoms with Gasteiger partial charge in [-0.15, -0.1) is 0 Å². The molecule has 1 fully saturated rings. The zero-order chi connectivity index (χ0) is 29.5. The van der Waals surface area contributed by atoms with Crippen molar-refractivity contribution in [2.45, 2.75) is 79.2 Å². The Labute approximate surface area is 241 Å². The summed E-state index contributed by atoms with van der Waals surface area (Å²) in [6.45, 7) is 16.7. The van der Waals surface area contributed by atoms with Gasteiger partial charge in [-0.05, 0) is 83.1 Å². The highest BCUT2D eigenvalue weighted by Gasteiger charge is 2.51. The number of hydrogen-bond donors (Lipinski definition) is 1. The van der Waals surface area contributed by atoms with E-state index in [0.717, 1.165) is 58.0 Å². The minimum atomic E-state index is -0.892. The van der Waals surface area contributed by atoms with Gasteiger partial charge < -0.3 is 14.4 Å². The predicted octanol–water partition coefficient (Wildman–Crippen LogP) is 5.77. The van der Waals surface area contributed by atoms with Gasteiger partial charge in [0.2, 0.25) is 0 Å². The molecule has 2 aliphatic heterocycles. The van der Waals surface area contributed by atoms with Crippen LogP contribution in [0.3, 0.4) is 0 Å². The summed E-state index contributed by atoms with van der Waals surface area (Å²) in [6, 6.07) is 12.3. The maximum Gasteiger partial charge on any atom is 0.494 e. The van der Waals surface area contributed by atoms with Gasteiger partial charge in [0.25, 0.3) is 0 Å². The lowest BCUT2D eigenvalue weighted by atomic mass is 9.79. The summed E-state index contributed by atoms with van der Waals surface area (Å²) in [6.07, 6.45) is 5.77. The number of hydrogen-bond acceptors (Lipinski definition) is 5. The lowest BCUT2D eigenvalue weighted by molar-refractivity contribution is 0.00578. The third kappa shape index (κ3) is 5.50. The van der Waals surface area contributed by atoms with E-state index in [-0.39, 0.29) is 18.3 Å². The number of nitrogens with zero attached hydrogens (tertiary/aromatic N) is 5. The molecule has 0 spiro atoms. The molecule has 216 valence electrons. The summed E-state index contributed by atoms with van der Waals surface area (Å²) < 4.78 is 16.1. The number of benzene rings is 2. The molecule has 1 N–H and O–H groups in total. The zero-order valence-corrected chi connectivity index (χ0v) is 25.1. The maximum absolute atomic E-state index is 11.5. The molecule has 1 saturated heterocycles. The summed E-state index contributed by atoms with van der Waals surface area (Å²) in [7, 11) is -0.311. The Morgan fingerprint density at radius 3 is 2.07 bits per heavy atom. The van der Waals surface area contributed by atoms with Gasteiger partial charge in [-0.1, -0.05) is 31.2 Å². The van der Waals surface area contributed by atoms with Crippen LogP contribution in [-0.4, -0.2) is 60.5 Å². The Morgan fingerprint density at radius 1 is 0.951 bits per heavy atom. The van der Waals surface area contributed by atoms with Gasteiger partial charge in [0.1, 0.15) is 0 Å². The maximum atomic E-state index is 11.5. The first-order valence-corrected chi connectivity index (χ1v) is 14.4. The van der Waals surface area contributed by atoms with Crippen LogP contribution >= 0.6 is 0 Å². The van der Waals surface area contributed by atoms with E-state index >= 15 is 0 Å². The fourth-order valence-electron chi connectivity index (χ4n) is 5.34. The first kappa shape index (κ1) is 28.9. The molecule has 2 aromatic heterocycles. The average molecular weight is 558 g/mol. The van der Waals surface area contributed by atoms with Gasteiger partial charge in [0.15, 0.2) is 0 Å². The van der Waals surface area contributed by atoms with Crippen molar-refractivity contribution < 1.29 is 19.2 Å². The van der Waals surface area contributed by atoms with Crippen molar-refractivity contribution in [2.75, 3.05) is 6.54 Å². The van der Waals surface area contributed by atoms with E-state index in [4.69, 9.17) is 9.31 Å². The zero-order valence-electron chi connectivity index (χ0n) is 25.1. The van der Waals surface area contributed by atoms with Gasteiger partial charge >= 0.3 is 13.2 Å². The summed E-state index contributed by atoms with van der Waals surface area (Å²) in [4.78, 5) is 12.9. The number of fused-ring (bicyclic) bond motifs is 2. The van der Waals surface area contributed by atoms with Crippen LogP contribution in [0, 0.1) is 5.92 Å². The van der Waals surface area contributed by atoms with Crippen LogP contribution in [0.5, 0.6) is 0 Å². The molecule has 1 amide bonds. The summed E-state index contributed by atoms with van der Waals surface area (Å²) >= 11 is 0. The second kappa shape index (κ2) is 11.0. The van der Waals surface area contributed by atoms with E-state index in [9.17, 15) is 9.90 Å². The van der Waals surface area contributed by atoms with Crippen molar-refractivity contribution in [1.29, 1.82) is 0 Å². The normalized spacial score (nSPS) is 19.8. The van der Waals surface area contributed by atoms with Gasteiger partial charge in [0.05, 0.1) is 40.3 Å². The van der Waals surface area contributed by atoms with Crippen molar-refractivity contribution >= 4 is 46.2 Å². The minimum absolute atomic E-state index is 0.305. The Hall–Kier alpha value is -3.63. The van der Waals surface area contributed by atoms with E-state index in [1.165, 1.54) is 4.90 Å². The van der Waals surface area contributed by atoms with Crippen LogP contribution in [0.2, 0.25) is 0 Å². The molecule has 41 heavy (non-hydrogen) atoms. The highest BCUT2D eigenvalue weighted by molar-refractivity contribution is 6.62. The monoisotopic (exact) mass is 557 g/mol. The Bertz CT molecular complexity index is 1590. The van der Waals surface area contributed by atoms with Crippen LogP contribution in [0.4, 0.5) is 4.79 Å². The molecule has 9 nitrogen and oxygen atoms in total. The predicted molar refractivity (Wildman–Crippen MR) is 163 cm³/mol. The number of carbonyl (C=O) groups is 1. The lowest BCUT2D eigenvalue weighted by Gasteiger charge is -2.32. The van der Waals surface area contributed by atoms with E-state index in [1.807, 2.05) is 46.0 Å². The lowest BCUT2D eigenvalue weighted by Crippen LogP contribution is -2.41. The first-order valence-electron chi connectivity index (χ1n) is 14.4. The van der Waals surface area contributed by atoms with Gasteiger partial charge in [0, 0.05) is 30.4 Å². The summed E-state index contributed by atoms with van der Waals surface area (Å²) in [5.41, 5.74) is 4.38. The van der Waals surface area contributed by atoms with Crippen LogP contribution in [0.15, 0.2) is 54.9 Å². The van der Waals surface area contributed by atoms with Crippen molar-refractivity contribution in [3.63, 3.8) is 0 Å². The smallest absolute Gasteiger partial charge is 0.465 e. The minimum Gasteiger partial charge on any atom is -0.465 e. The van der Waals surface area contributed by atoms with Crippen molar-refractivity contribution in [2.24, 2.45) is 5.92 Å². The number of amides is 1. The van der Waals surface area contributed by atoms with Crippen LogP contribution in [-0.2, 0) is 22.4 Å². The molecule has 0 radical (unpaired) electrons. The second-order valence-electron chi connectivity index (χ2n) is 11.9. The number of allylic oxidation sites excluding steroid dienone is 1. The third-order valence-electron chi connectivity index (χ3n) is 8.46. The molecule has 0 aliphatic carbocycles. The van der Waals surface area contributed by atoms with Gasteiger partial charge in [-0.2, -0.15) is 10.2 Å². The van der Waals surface area contributed by atoms with E-state index < -0.39 is 6.09 Å². The standard InChI is InChI=1S/C16H19N3O2.C15H21BN2O2/c1-3-19-15-7-5-12(8-13(15)9-17-19)14-6-4-11(2)10-18(14)16(20)21;1-6-18-13-8-7-12(9-11(13)10-17-18)16-19-14(2,3)15(4,5)20-16/h5-9,11H,3-4,10H2,1-2H3,(H,20,21);7-10H,6H2,1-5H3/t11-;/m0./s1. The first-order chi connectivity index (χ1) is 19.4. The fourth-order valence-corrected chi connectivity index (χ4v) is 5.34. The molecule has 0 bridgehead atoms. The highest BCUT2D eigenvalue weighted by atomic mass is 16.7. The van der Waals surface area contributed by atoms with Crippen LogP contribution < -0.4 is 5.46 Å². The van der Waals surface area contributed by atoms with E-state index in [2.05, 4.69) is 76.9 Å². The number of rotatable bonds is 4. The van der Waals surface area contributed by atoms with Crippen molar-refractivity contribution in [3.05, 3.63) is 60.4 Å². The van der Waals surface area contributed by atoms with Crippen LogP contribution in [0.25, 0.3) is 27.5 Å². The topological polar surface area (TPSA) is 94.6 Å². The average Bonchev–Trinajstić information content (AvgIpc) is 3.60. The fraction of sp³-hybridized carbons (Fsp3) is 0.452. The molecule has 4 heterocycles. The molecule has 0 unspecified atom stereocenters. The quantitative estimate of drug-likeness (QED) is 0.320. The molecule has 10 heteroatoms. The second-order valence-corrected chi connectivity index (χ2v) is 11.9. The molecule has 2 aliphatic rings. The summed E-state index contributed by atoms with van der Waals surface area (Å²) in [5.74, 6) is 0.358. The van der Waals surface area contributed by atoms with E-state index in [0.29, 0.717) is 12.5 Å². The Balaban J connectivity index is 0.000000165. The Morgan fingerprint density at radius 2 is 1.51 bits per heavy atom. The molecule has 6 rings (SSSR count). The summed E-state index contributed by atoms with van der Waals surface area (Å²) in [5, 5.41) is 20.3. The van der Waals surface area contributed by atoms with Crippen molar-refractivity contribution in [1.82, 2.24) is 24.5 Å². The van der Waals surface area contributed by atoms with Crippen LogP contribution in [0.1, 0.15) is 60.5 Å². The molecule has 1 atom stereocenters. The number of aryl methyl sites for hydroxylation is 2. The molecule has 4 aromatic rings. The van der Waals surface area contributed by atoms with Gasteiger partial charge in [-0.25, -0.2) is 4.79 Å². The Kier molecular flexibility index (Phi) is 7.74. The SMILES string of the molecule is CCn1ncc2cc(B3OC(C)(C)C(C)(C)O3)ccc21.CCn1ncc2cc(C3=CC[C@H](C)CN3C(=O)O)ccc21. The molecular formula is C31H40BN5O4. The molecule has 2 aromatic carbocycles. The third-order valence-corrected chi connectivity index (χ3v) is 8.46. The highest BCUT2D eigenvalue weighted by Crippen LogP contribution is 2.36. The largest absolute Gasteiger partial charge is 0.494 e.